The van der Waals surface area contributed by atoms with Gasteiger partial charge in [0.25, 0.3) is 0 Å². The van der Waals surface area contributed by atoms with Gasteiger partial charge in [-0.15, -0.1) is 0 Å². The minimum absolute atomic E-state index is 0.130. The Kier molecular flexibility index (Phi) is 6.75. The molecule has 2 aliphatic rings. The van der Waals surface area contributed by atoms with Crippen LogP contribution in [-0.2, 0) is 16.2 Å². The van der Waals surface area contributed by atoms with Crippen molar-refractivity contribution in [1.82, 2.24) is 26.8 Å². The standard InChI is InChI=1S/C20H26F3N7O2S/c21-20(22,23)16-7-6-15(17(18(16)33(25,31)32)19-26-28-29-27-19)13-4-2-12(3-5-13)14-10-30(11-14)9-1-8-24/h2-7,14,19,26-29H,1,8-11,24H2,(H2,25,31,32). The topological polar surface area (TPSA) is 138 Å². The maximum atomic E-state index is 13.7. The minimum atomic E-state index is -4.90. The Balaban J connectivity index is 1.72. The summed E-state index contributed by atoms with van der Waals surface area (Å²) in [5.41, 5.74) is 16.4. The number of hydrazine groups is 3. The molecule has 2 heterocycles. The van der Waals surface area contributed by atoms with E-state index in [0.717, 1.165) is 37.7 Å². The van der Waals surface area contributed by atoms with Gasteiger partial charge < -0.3 is 10.6 Å². The van der Waals surface area contributed by atoms with Gasteiger partial charge in [-0.25, -0.2) is 24.4 Å². The molecule has 0 amide bonds. The molecule has 0 bridgehead atoms. The fraction of sp³-hybridized carbons (Fsp3) is 0.400. The molecule has 2 aliphatic heterocycles. The maximum absolute atomic E-state index is 13.7. The Morgan fingerprint density at radius 1 is 1.03 bits per heavy atom. The molecule has 8 N–H and O–H groups in total. The van der Waals surface area contributed by atoms with Gasteiger partial charge in [0.15, 0.2) is 0 Å². The van der Waals surface area contributed by atoms with Crippen molar-refractivity contribution >= 4 is 10.0 Å². The number of alkyl halides is 3. The van der Waals surface area contributed by atoms with E-state index in [1.165, 1.54) is 6.07 Å². The van der Waals surface area contributed by atoms with E-state index in [1.807, 2.05) is 12.1 Å². The molecule has 0 radical (unpaired) electrons. The van der Waals surface area contributed by atoms with Crippen LogP contribution in [0.3, 0.4) is 0 Å². The van der Waals surface area contributed by atoms with Crippen molar-refractivity contribution < 1.29 is 21.6 Å². The van der Waals surface area contributed by atoms with Crippen LogP contribution >= 0.6 is 0 Å². The first-order chi connectivity index (χ1) is 15.6. The number of rotatable bonds is 7. The molecule has 180 valence electrons. The molecular formula is C20H26F3N7O2S. The van der Waals surface area contributed by atoms with E-state index in [-0.39, 0.29) is 5.56 Å². The van der Waals surface area contributed by atoms with E-state index in [1.54, 1.807) is 12.1 Å². The van der Waals surface area contributed by atoms with Crippen LogP contribution in [0.25, 0.3) is 11.1 Å². The maximum Gasteiger partial charge on any atom is 0.417 e. The molecule has 2 saturated heterocycles. The monoisotopic (exact) mass is 485 g/mol. The van der Waals surface area contributed by atoms with Crippen molar-refractivity contribution in [3.63, 3.8) is 0 Å². The van der Waals surface area contributed by atoms with Gasteiger partial charge in [0.1, 0.15) is 11.1 Å². The van der Waals surface area contributed by atoms with Crippen molar-refractivity contribution in [3.8, 4) is 11.1 Å². The molecule has 13 heteroatoms. The van der Waals surface area contributed by atoms with E-state index in [2.05, 4.69) is 26.8 Å². The molecule has 2 fully saturated rings. The van der Waals surface area contributed by atoms with E-state index < -0.39 is 32.8 Å². The molecule has 0 atom stereocenters. The number of primary sulfonamides is 1. The lowest BCUT2D eigenvalue weighted by molar-refractivity contribution is -0.140. The Morgan fingerprint density at radius 2 is 1.67 bits per heavy atom. The number of benzene rings is 2. The number of nitrogens with zero attached hydrogens (tertiary/aromatic N) is 1. The highest BCUT2D eigenvalue weighted by atomic mass is 32.2. The van der Waals surface area contributed by atoms with Crippen molar-refractivity contribution in [3.05, 3.63) is 53.1 Å². The molecule has 0 saturated carbocycles. The molecule has 0 aromatic heterocycles. The zero-order chi connectivity index (χ0) is 23.8. The number of halogens is 3. The van der Waals surface area contributed by atoms with Gasteiger partial charge in [0.2, 0.25) is 10.0 Å². The second-order valence-corrected chi connectivity index (χ2v) is 9.64. The first-order valence-corrected chi connectivity index (χ1v) is 11.9. The van der Waals surface area contributed by atoms with Crippen molar-refractivity contribution in [2.24, 2.45) is 10.9 Å². The van der Waals surface area contributed by atoms with E-state index in [0.29, 0.717) is 23.6 Å². The molecular weight excluding hydrogens is 459 g/mol. The van der Waals surface area contributed by atoms with E-state index >= 15 is 0 Å². The molecule has 33 heavy (non-hydrogen) atoms. The van der Waals surface area contributed by atoms with Gasteiger partial charge in [-0.3, -0.25) is 0 Å². The second-order valence-electron chi connectivity index (χ2n) is 8.14. The summed E-state index contributed by atoms with van der Waals surface area (Å²) >= 11 is 0. The number of likely N-dealkylation sites (tertiary alicyclic amines) is 1. The first kappa shape index (κ1) is 24.0. The summed E-state index contributed by atoms with van der Waals surface area (Å²) in [6, 6.07) is 9.43. The highest BCUT2D eigenvalue weighted by molar-refractivity contribution is 7.89. The average Bonchev–Trinajstić information content (AvgIpc) is 3.25. The van der Waals surface area contributed by atoms with Crippen LogP contribution in [-0.4, -0.2) is 39.5 Å². The van der Waals surface area contributed by atoms with Crippen LogP contribution in [0, 0.1) is 0 Å². The summed E-state index contributed by atoms with van der Waals surface area (Å²) in [6.07, 6.45) is -4.95. The molecule has 0 spiro atoms. The summed E-state index contributed by atoms with van der Waals surface area (Å²) in [4.78, 5) is 1.34. The Morgan fingerprint density at radius 3 is 2.21 bits per heavy atom. The lowest BCUT2D eigenvalue weighted by atomic mass is 9.89. The van der Waals surface area contributed by atoms with Gasteiger partial charge in [0, 0.05) is 24.6 Å². The third-order valence-corrected chi connectivity index (χ3v) is 6.91. The zero-order valence-corrected chi connectivity index (χ0v) is 18.4. The Bertz CT molecular complexity index is 1100. The van der Waals surface area contributed by atoms with Gasteiger partial charge in [0.05, 0.1) is 5.56 Å². The molecule has 2 aromatic rings. The molecule has 2 aromatic carbocycles. The highest BCUT2D eigenvalue weighted by Crippen LogP contribution is 2.41. The molecule has 4 rings (SSSR count). The van der Waals surface area contributed by atoms with Crippen molar-refractivity contribution in [2.45, 2.75) is 29.6 Å². The summed E-state index contributed by atoms with van der Waals surface area (Å²) in [7, 11) is -4.72. The Hall–Kier alpha value is -2.10. The highest BCUT2D eigenvalue weighted by Gasteiger charge is 2.40. The number of hydrogen-bond acceptors (Lipinski definition) is 8. The lowest BCUT2D eigenvalue weighted by Crippen LogP contribution is -2.45. The van der Waals surface area contributed by atoms with Crippen LogP contribution < -0.4 is 32.8 Å². The second kappa shape index (κ2) is 9.27. The average molecular weight is 486 g/mol. The summed E-state index contributed by atoms with van der Waals surface area (Å²) < 4.78 is 65.7. The number of nitrogens with one attached hydrogen (secondary N) is 4. The fourth-order valence-electron chi connectivity index (χ4n) is 4.28. The van der Waals surface area contributed by atoms with Crippen LogP contribution in [0.1, 0.15) is 35.2 Å². The van der Waals surface area contributed by atoms with Crippen molar-refractivity contribution in [1.29, 1.82) is 0 Å². The number of nitrogens with two attached hydrogens (primary N) is 2. The van der Waals surface area contributed by atoms with Crippen molar-refractivity contribution in [2.75, 3.05) is 26.2 Å². The zero-order valence-electron chi connectivity index (χ0n) is 17.6. The number of sulfonamides is 1. The van der Waals surface area contributed by atoms with Crippen LogP contribution in [0.4, 0.5) is 13.2 Å². The van der Waals surface area contributed by atoms with Gasteiger partial charge in [-0.1, -0.05) is 30.3 Å². The molecule has 0 unspecified atom stereocenters. The van der Waals surface area contributed by atoms with Gasteiger partial charge in [-0.2, -0.15) is 24.2 Å². The van der Waals surface area contributed by atoms with E-state index in [4.69, 9.17) is 10.9 Å². The molecule has 0 aliphatic carbocycles. The largest absolute Gasteiger partial charge is 0.417 e. The summed E-state index contributed by atoms with van der Waals surface area (Å²) in [5.74, 6) is 0.371. The third kappa shape index (κ3) is 5.05. The minimum Gasteiger partial charge on any atom is -0.330 e. The normalized spacial score (nSPS) is 18.6. The van der Waals surface area contributed by atoms with Gasteiger partial charge >= 0.3 is 6.18 Å². The first-order valence-electron chi connectivity index (χ1n) is 10.4. The smallest absolute Gasteiger partial charge is 0.330 e. The van der Waals surface area contributed by atoms with Gasteiger partial charge in [-0.05, 0) is 42.3 Å². The van der Waals surface area contributed by atoms with Crippen LogP contribution in [0.2, 0.25) is 0 Å². The predicted octanol–water partition coefficient (Wildman–Crippen LogP) is 0.883. The quantitative estimate of drug-likeness (QED) is 0.340. The lowest BCUT2D eigenvalue weighted by Gasteiger charge is -2.39. The Labute approximate surface area is 189 Å². The third-order valence-electron chi connectivity index (χ3n) is 5.90. The summed E-state index contributed by atoms with van der Waals surface area (Å²) in [5, 5.41) is 5.27. The predicted molar refractivity (Wildman–Crippen MR) is 116 cm³/mol. The van der Waals surface area contributed by atoms with Crippen LogP contribution in [0.15, 0.2) is 41.3 Å². The SMILES string of the molecule is NCCCN1CC(c2ccc(-c3ccc(C(F)(F)F)c(S(N)(=O)=O)c3C3NNNN3)cc2)C1. The molecule has 9 nitrogen and oxygen atoms in total. The number of hydrogen-bond donors (Lipinski definition) is 6. The fourth-order valence-corrected chi connectivity index (χ4v) is 5.30. The van der Waals surface area contributed by atoms with Crippen LogP contribution in [0.5, 0.6) is 0 Å². The van der Waals surface area contributed by atoms with E-state index in [9.17, 15) is 21.6 Å². The summed E-state index contributed by atoms with van der Waals surface area (Å²) in [6.45, 7) is 3.46.